The molecule has 2 heterocycles. The van der Waals surface area contributed by atoms with Crippen LogP contribution in [-0.2, 0) is 11.3 Å². The molecule has 31 heavy (non-hydrogen) atoms. The summed E-state index contributed by atoms with van der Waals surface area (Å²) in [5, 5.41) is 3.75. The topological polar surface area (TPSA) is 74.4 Å². The van der Waals surface area contributed by atoms with Gasteiger partial charge < -0.3 is 19.9 Å². The van der Waals surface area contributed by atoms with Crippen molar-refractivity contribution >= 4 is 22.6 Å². The molecule has 0 aliphatic carbocycles. The number of benzene rings is 2. The van der Waals surface area contributed by atoms with Crippen molar-refractivity contribution in [1.29, 1.82) is 0 Å². The Morgan fingerprint density at radius 1 is 1.23 bits per heavy atom. The van der Waals surface area contributed by atoms with Gasteiger partial charge in [-0.1, -0.05) is 6.07 Å². The predicted octanol–water partition coefficient (Wildman–Crippen LogP) is 4.50. The number of ether oxygens (including phenoxy) is 1. The monoisotopic (exact) mass is 423 g/mol. The standard InChI is InChI=1S/C24H26FN3O3/c1-15-10-16(2)21-12-17(23(29)27-22(21)11-15)13-28(14-20-4-3-9-31-20)24(30)26-19-7-5-18(25)6-8-19/h5-8,10-12,20H,3-4,9,13-14H2,1-2H3,(H,26,30)(H,27,29)/t20-/m0/s1. The van der Waals surface area contributed by atoms with Crippen molar-refractivity contribution < 1.29 is 13.9 Å². The lowest BCUT2D eigenvalue weighted by Crippen LogP contribution is -2.40. The van der Waals surface area contributed by atoms with Crippen LogP contribution in [0, 0.1) is 19.7 Å². The van der Waals surface area contributed by atoms with Crippen LogP contribution in [0.1, 0.15) is 29.5 Å². The number of anilines is 1. The molecule has 1 saturated heterocycles. The summed E-state index contributed by atoms with van der Waals surface area (Å²) in [4.78, 5) is 30.3. The average molecular weight is 423 g/mol. The van der Waals surface area contributed by atoms with Gasteiger partial charge in [0.25, 0.3) is 5.56 Å². The van der Waals surface area contributed by atoms with Gasteiger partial charge in [-0.3, -0.25) is 4.79 Å². The van der Waals surface area contributed by atoms with Crippen LogP contribution in [-0.4, -0.2) is 35.2 Å². The second-order valence-corrected chi connectivity index (χ2v) is 8.12. The summed E-state index contributed by atoms with van der Waals surface area (Å²) in [7, 11) is 0. The smallest absolute Gasteiger partial charge is 0.322 e. The van der Waals surface area contributed by atoms with E-state index in [1.165, 1.54) is 24.3 Å². The van der Waals surface area contributed by atoms with Crippen LogP contribution in [0.4, 0.5) is 14.9 Å². The van der Waals surface area contributed by atoms with Crippen LogP contribution in [0.3, 0.4) is 0 Å². The van der Waals surface area contributed by atoms with Crippen molar-refractivity contribution in [3.63, 3.8) is 0 Å². The Bertz CT molecular complexity index is 1150. The molecule has 0 radical (unpaired) electrons. The SMILES string of the molecule is Cc1cc(C)c2cc(CN(C[C@@H]3CCCO3)C(=O)Nc3ccc(F)cc3)c(=O)[nH]c2c1. The zero-order valence-corrected chi connectivity index (χ0v) is 17.7. The molecule has 2 amide bonds. The summed E-state index contributed by atoms with van der Waals surface area (Å²) in [6.07, 6.45) is 1.75. The van der Waals surface area contributed by atoms with Crippen LogP contribution >= 0.6 is 0 Å². The lowest BCUT2D eigenvalue weighted by atomic mass is 10.0. The highest BCUT2D eigenvalue weighted by atomic mass is 19.1. The van der Waals surface area contributed by atoms with Gasteiger partial charge in [-0.05, 0) is 74.2 Å². The van der Waals surface area contributed by atoms with Crippen LogP contribution in [0.15, 0.2) is 47.3 Å². The molecule has 4 rings (SSSR count). The summed E-state index contributed by atoms with van der Waals surface area (Å²) in [6.45, 7) is 5.18. The molecule has 1 aliphatic rings. The van der Waals surface area contributed by atoms with E-state index in [0.717, 1.165) is 34.9 Å². The molecule has 2 aromatic carbocycles. The third kappa shape index (κ3) is 4.94. The van der Waals surface area contributed by atoms with E-state index in [9.17, 15) is 14.0 Å². The van der Waals surface area contributed by atoms with Crippen molar-refractivity contribution in [3.8, 4) is 0 Å². The molecule has 162 valence electrons. The van der Waals surface area contributed by atoms with E-state index in [4.69, 9.17) is 4.74 Å². The second kappa shape index (κ2) is 8.89. The van der Waals surface area contributed by atoms with Gasteiger partial charge in [0, 0.05) is 35.3 Å². The fraction of sp³-hybridized carbons (Fsp3) is 0.333. The molecular weight excluding hydrogens is 397 g/mol. The van der Waals surface area contributed by atoms with Crippen LogP contribution in [0.5, 0.6) is 0 Å². The minimum atomic E-state index is -0.373. The molecule has 7 heteroatoms. The number of hydrogen-bond donors (Lipinski definition) is 2. The molecule has 3 aromatic rings. The number of nitrogens with zero attached hydrogens (tertiary/aromatic N) is 1. The second-order valence-electron chi connectivity index (χ2n) is 8.12. The summed E-state index contributed by atoms with van der Waals surface area (Å²) in [5.74, 6) is -0.373. The Balaban J connectivity index is 1.62. The molecule has 1 fully saturated rings. The number of amides is 2. The van der Waals surface area contributed by atoms with Crippen LogP contribution in [0.2, 0.25) is 0 Å². The molecule has 1 aliphatic heterocycles. The first-order chi connectivity index (χ1) is 14.9. The number of carbonyl (C=O) groups excluding carboxylic acids is 1. The lowest BCUT2D eigenvalue weighted by molar-refractivity contribution is 0.0818. The van der Waals surface area contributed by atoms with Gasteiger partial charge in [0.05, 0.1) is 12.6 Å². The molecule has 0 spiro atoms. The molecule has 1 aromatic heterocycles. The van der Waals surface area contributed by atoms with Gasteiger partial charge in [-0.25, -0.2) is 9.18 Å². The van der Waals surface area contributed by atoms with E-state index in [1.54, 1.807) is 4.90 Å². The first-order valence-corrected chi connectivity index (χ1v) is 10.5. The highest BCUT2D eigenvalue weighted by molar-refractivity contribution is 5.89. The molecule has 6 nitrogen and oxygen atoms in total. The van der Waals surface area contributed by atoms with Crippen LogP contribution in [0.25, 0.3) is 10.9 Å². The largest absolute Gasteiger partial charge is 0.376 e. The quantitative estimate of drug-likeness (QED) is 0.635. The van der Waals surface area contributed by atoms with Gasteiger partial charge in [0.1, 0.15) is 5.82 Å². The maximum atomic E-state index is 13.2. The number of aromatic amines is 1. The normalized spacial score (nSPS) is 15.9. The van der Waals surface area contributed by atoms with Crippen molar-refractivity contribution in [2.75, 3.05) is 18.5 Å². The first-order valence-electron chi connectivity index (χ1n) is 10.5. The fourth-order valence-corrected chi connectivity index (χ4v) is 4.03. The maximum absolute atomic E-state index is 13.2. The van der Waals surface area contributed by atoms with E-state index in [1.807, 2.05) is 26.0 Å². The maximum Gasteiger partial charge on any atom is 0.322 e. The molecule has 1 atom stereocenters. The minimum absolute atomic E-state index is 0.0668. The number of aromatic nitrogens is 1. The van der Waals surface area contributed by atoms with Crippen molar-refractivity contribution in [3.05, 3.63) is 75.3 Å². The Morgan fingerprint density at radius 3 is 2.71 bits per heavy atom. The first kappa shape index (κ1) is 21.1. The third-order valence-corrected chi connectivity index (χ3v) is 5.58. The van der Waals surface area contributed by atoms with E-state index in [2.05, 4.69) is 16.4 Å². The summed E-state index contributed by atoms with van der Waals surface area (Å²) < 4.78 is 18.9. The Kier molecular flexibility index (Phi) is 6.04. The zero-order valence-electron chi connectivity index (χ0n) is 17.7. The molecular formula is C24H26FN3O3. The van der Waals surface area contributed by atoms with E-state index < -0.39 is 0 Å². The van der Waals surface area contributed by atoms with Gasteiger partial charge in [0.15, 0.2) is 0 Å². The van der Waals surface area contributed by atoms with E-state index in [-0.39, 0.29) is 30.1 Å². The zero-order chi connectivity index (χ0) is 22.0. The van der Waals surface area contributed by atoms with Gasteiger partial charge in [-0.15, -0.1) is 0 Å². The van der Waals surface area contributed by atoms with Gasteiger partial charge >= 0.3 is 6.03 Å². The van der Waals surface area contributed by atoms with E-state index >= 15 is 0 Å². The number of aryl methyl sites for hydroxylation is 2. The fourth-order valence-electron chi connectivity index (χ4n) is 4.03. The highest BCUT2D eigenvalue weighted by Gasteiger charge is 2.24. The summed E-state index contributed by atoms with van der Waals surface area (Å²) in [6, 6.07) is 11.1. The highest BCUT2D eigenvalue weighted by Crippen LogP contribution is 2.20. The number of carbonyl (C=O) groups is 1. The molecule has 2 N–H and O–H groups in total. The number of nitrogens with one attached hydrogen (secondary N) is 2. The summed E-state index contributed by atoms with van der Waals surface area (Å²) >= 11 is 0. The van der Waals surface area contributed by atoms with Gasteiger partial charge in [0.2, 0.25) is 0 Å². The van der Waals surface area contributed by atoms with Crippen molar-refractivity contribution in [2.24, 2.45) is 0 Å². The van der Waals surface area contributed by atoms with Gasteiger partial charge in [-0.2, -0.15) is 0 Å². The van der Waals surface area contributed by atoms with Crippen LogP contribution < -0.4 is 10.9 Å². The Hall–Kier alpha value is -3.19. The number of pyridine rings is 1. The van der Waals surface area contributed by atoms with Crippen molar-refractivity contribution in [2.45, 2.75) is 39.3 Å². The van der Waals surface area contributed by atoms with Crippen molar-refractivity contribution in [1.82, 2.24) is 9.88 Å². The number of urea groups is 1. The number of hydrogen-bond acceptors (Lipinski definition) is 3. The third-order valence-electron chi connectivity index (χ3n) is 5.58. The Labute approximate surface area is 180 Å². The number of fused-ring (bicyclic) bond motifs is 1. The lowest BCUT2D eigenvalue weighted by Gasteiger charge is -2.26. The number of halogens is 1. The summed E-state index contributed by atoms with van der Waals surface area (Å²) in [5.41, 5.74) is 3.70. The molecule has 0 bridgehead atoms. The molecule has 0 unspecified atom stereocenters. The predicted molar refractivity (Wildman–Crippen MR) is 119 cm³/mol. The number of H-pyrrole nitrogens is 1. The average Bonchev–Trinajstić information content (AvgIpc) is 3.23. The Morgan fingerprint density at radius 2 is 2.00 bits per heavy atom. The minimum Gasteiger partial charge on any atom is -0.376 e. The van der Waals surface area contributed by atoms with E-state index in [0.29, 0.717) is 24.4 Å². The number of rotatable bonds is 5. The molecule has 0 saturated carbocycles.